The third-order valence-electron chi connectivity index (χ3n) is 3.40. The van der Waals surface area contributed by atoms with Crippen LogP contribution in [0.15, 0.2) is 44.3 Å². The minimum absolute atomic E-state index is 0.159. The number of carbonyl (C=O) groups excluding carboxylic acids is 1. The number of carbonyl (C=O) groups is 1. The van der Waals surface area contributed by atoms with E-state index in [1.807, 2.05) is 44.2 Å². The van der Waals surface area contributed by atoms with Gasteiger partial charge in [0.05, 0.1) is 11.4 Å². The van der Waals surface area contributed by atoms with Crippen LogP contribution in [0, 0.1) is 13.8 Å². The molecule has 2 aromatic rings. The van der Waals surface area contributed by atoms with Crippen molar-refractivity contribution in [2.75, 3.05) is 5.32 Å². The molecule has 0 saturated heterocycles. The van der Waals surface area contributed by atoms with Gasteiger partial charge < -0.3 is 5.32 Å². The van der Waals surface area contributed by atoms with Gasteiger partial charge in [0.15, 0.2) is 0 Å². The van der Waals surface area contributed by atoms with Gasteiger partial charge in [-0.1, -0.05) is 31.9 Å². The molecule has 5 heteroatoms. The summed E-state index contributed by atoms with van der Waals surface area (Å²) in [6, 6.07) is 9.72. The Labute approximate surface area is 139 Å². The Kier molecular flexibility index (Phi) is 3.71. The highest BCUT2D eigenvalue weighted by atomic mass is 79.9. The van der Waals surface area contributed by atoms with Crippen LogP contribution < -0.4 is 5.32 Å². The van der Waals surface area contributed by atoms with Gasteiger partial charge in [-0.2, -0.15) is 0 Å². The lowest BCUT2D eigenvalue weighted by atomic mass is 10.1. The number of aliphatic imine (C=N–C) groups is 1. The molecule has 1 N–H and O–H groups in total. The number of nitrogens with one attached hydrogen (secondary N) is 1. The molecule has 0 bridgehead atoms. The summed E-state index contributed by atoms with van der Waals surface area (Å²) in [4.78, 5) is 16.8. The Bertz CT molecular complexity index is 797. The molecular weight excluding hydrogens is 396 g/mol. The first-order valence-corrected chi connectivity index (χ1v) is 8.01. The average Bonchev–Trinajstić information content (AvgIpc) is 2.70. The number of benzene rings is 2. The topological polar surface area (TPSA) is 41.5 Å². The molecule has 0 saturated carbocycles. The summed E-state index contributed by atoms with van der Waals surface area (Å²) in [6.45, 7) is 3.95. The molecule has 3 rings (SSSR count). The van der Waals surface area contributed by atoms with E-state index < -0.39 is 0 Å². The SMILES string of the molecule is Cc1cc(Br)ccc1N=C1C(=O)Nc2c(C)cc(Br)cc21. The standard InChI is InChI=1S/C16H12Br2N2O/c1-8-5-10(17)3-4-13(8)19-15-12-7-11(18)6-9(2)14(12)20-16(15)21/h3-7H,1-2H3,(H,19,20,21). The fourth-order valence-electron chi connectivity index (χ4n) is 2.37. The fourth-order valence-corrected chi connectivity index (χ4v) is 3.41. The molecule has 2 aromatic carbocycles. The summed E-state index contributed by atoms with van der Waals surface area (Å²) in [5.41, 5.74) is 4.98. The minimum Gasteiger partial charge on any atom is -0.320 e. The first-order chi connectivity index (χ1) is 9.95. The van der Waals surface area contributed by atoms with Gasteiger partial charge in [0.25, 0.3) is 5.91 Å². The highest BCUT2D eigenvalue weighted by Gasteiger charge is 2.27. The van der Waals surface area contributed by atoms with E-state index in [1.54, 1.807) is 0 Å². The van der Waals surface area contributed by atoms with Crippen LogP contribution in [-0.2, 0) is 4.79 Å². The largest absolute Gasteiger partial charge is 0.320 e. The number of hydrogen-bond acceptors (Lipinski definition) is 2. The van der Waals surface area contributed by atoms with Crippen LogP contribution in [0.3, 0.4) is 0 Å². The monoisotopic (exact) mass is 406 g/mol. The van der Waals surface area contributed by atoms with Gasteiger partial charge in [-0.3, -0.25) is 4.79 Å². The minimum atomic E-state index is -0.159. The van der Waals surface area contributed by atoms with Crippen molar-refractivity contribution in [2.24, 2.45) is 4.99 Å². The molecule has 0 radical (unpaired) electrons. The number of rotatable bonds is 1. The average molecular weight is 408 g/mol. The predicted molar refractivity (Wildman–Crippen MR) is 92.6 cm³/mol. The van der Waals surface area contributed by atoms with Gasteiger partial charge in [0, 0.05) is 14.5 Å². The maximum atomic E-state index is 12.2. The Balaban J connectivity index is 2.16. The lowest BCUT2D eigenvalue weighted by Crippen LogP contribution is -2.14. The zero-order valence-electron chi connectivity index (χ0n) is 11.5. The summed E-state index contributed by atoms with van der Waals surface area (Å²) < 4.78 is 1.94. The molecule has 0 unspecified atom stereocenters. The summed E-state index contributed by atoms with van der Waals surface area (Å²) in [7, 11) is 0. The van der Waals surface area contributed by atoms with Crippen molar-refractivity contribution in [3.05, 3.63) is 56.0 Å². The molecule has 106 valence electrons. The Morgan fingerprint density at radius 1 is 1.00 bits per heavy atom. The van der Waals surface area contributed by atoms with Gasteiger partial charge in [-0.25, -0.2) is 4.99 Å². The fraction of sp³-hybridized carbons (Fsp3) is 0.125. The smallest absolute Gasteiger partial charge is 0.275 e. The quantitative estimate of drug-likeness (QED) is 0.717. The number of amides is 1. The van der Waals surface area contributed by atoms with Crippen molar-refractivity contribution in [3.63, 3.8) is 0 Å². The van der Waals surface area contributed by atoms with Crippen molar-refractivity contribution in [3.8, 4) is 0 Å². The molecule has 3 nitrogen and oxygen atoms in total. The normalized spacial score (nSPS) is 15.2. The number of halogens is 2. The van der Waals surface area contributed by atoms with Gasteiger partial charge in [0.2, 0.25) is 0 Å². The number of hydrogen-bond donors (Lipinski definition) is 1. The van der Waals surface area contributed by atoms with E-state index in [9.17, 15) is 4.79 Å². The summed E-state index contributed by atoms with van der Waals surface area (Å²) in [6.07, 6.45) is 0. The molecule has 0 fully saturated rings. The second-order valence-corrected chi connectivity index (χ2v) is 6.82. The van der Waals surface area contributed by atoms with Gasteiger partial charge in [-0.15, -0.1) is 0 Å². The van der Waals surface area contributed by atoms with Crippen LogP contribution in [0.1, 0.15) is 16.7 Å². The van der Waals surface area contributed by atoms with Crippen molar-refractivity contribution in [2.45, 2.75) is 13.8 Å². The number of aryl methyl sites for hydroxylation is 2. The molecule has 1 amide bonds. The van der Waals surface area contributed by atoms with Crippen LogP contribution in [0.25, 0.3) is 0 Å². The summed E-state index contributed by atoms with van der Waals surface area (Å²) in [5.74, 6) is -0.159. The molecule has 1 aliphatic heterocycles. The second kappa shape index (κ2) is 5.39. The lowest BCUT2D eigenvalue weighted by molar-refractivity contribution is -0.110. The Morgan fingerprint density at radius 2 is 1.71 bits per heavy atom. The van der Waals surface area contributed by atoms with E-state index in [4.69, 9.17) is 0 Å². The van der Waals surface area contributed by atoms with Crippen LogP contribution in [-0.4, -0.2) is 11.6 Å². The van der Waals surface area contributed by atoms with Crippen LogP contribution in [0.2, 0.25) is 0 Å². The van der Waals surface area contributed by atoms with Crippen molar-refractivity contribution in [1.82, 2.24) is 0 Å². The first-order valence-electron chi connectivity index (χ1n) is 6.42. The third kappa shape index (κ3) is 2.68. The summed E-state index contributed by atoms with van der Waals surface area (Å²) >= 11 is 6.90. The number of anilines is 1. The molecule has 1 aliphatic rings. The third-order valence-corrected chi connectivity index (χ3v) is 4.35. The molecule has 0 atom stereocenters. The van der Waals surface area contributed by atoms with Crippen LogP contribution in [0.4, 0.5) is 11.4 Å². The van der Waals surface area contributed by atoms with Crippen LogP contribution in [0.5, 0.6) is 0 Å². The molecular formula is C16H12Br2N2O. The van der Waals surface area contributed by atoms with Crippen molar-refractivity contribution >= 4 is 54.9 Å². The maximum absolute atomic E-state index is 12.2. The van der Waals surface area contributed by atoms with Crippen molar-refractivity contribution < 1.29 is 4.79 Å². The first kappa shape index (κ1) is 14.5. The lowest BCUT2D eigenvalue weighted by Gasteiger charge is -2.04. The maximum Gasteiger partial charge on any atom is 0.275 e. The van der Waals surface area contributed by atoms with E-state index in [2.05, 4.69) is 42.2 Å². The number of nitrogens with zero attached hydrogens (tertiary/aromatic N) is 1. The molecule has 0 aliphatic carbocycles. The summed E-state index contributed by atoms with van der Waals surface area (Å²) in [5, 5.41) is 2.89. The number of fused-ring (bicyclic) bond motifs is 1. The van der Waals surface area contributed by atoms with E-state index in [1.165, 1.54) is 0 Å². The van der Waals surface area contributed by atoms with E-state index >= 15 is 0 Å². The van der Waals surface area contributed by atoms with E-state index in [0.29, 0.717) is 5.71 Å². The molecule has 0 aromatic heterocycles. The second-order valence-electron chi connectivity index (χ2n) is 4.99. The van der Waals surface area contributed by atoms with Crippen LogP contribution >= 0.6 is 31.9 Å². The zero-order chi connectivity index (χ0) is 15.1. The van der Waals surface area contributed by atoms with Gasteiger partial charge in [0.1, 0.15) is 5.71 Å². The highest BCUT2D eigenvalue weighted by molar-refractivity contribution is 9.10. The molecule has 0 spiro atoms. The van der Waals surface area contributed by atoms with E-state index in [-0.39, 0.29) is 5.91 Å². The molecule has 21 heavy (non-hydrogen) atoms. The van der Waals surface area contributed by atoms with Gasteiger partial charge in [-0.05, 0) is 55.3 Å². The Morgan fingerprint density at radius 3 is 2.43 bits per heavy atom. The molecule has 1 heterocycles. The van der Waals surface area contributed by atoms with Crippen molar-refractivity contribution in [1.29, 1.82) is 0 Å². The van der Waals surface area contributed by atoms with Gasteiger partial charge >= 0.3 is 0 Å². The highest BCUT2D eigenvalue weighted by Crippen LogP contribution is 2.33. The predicted octanol–water partition coefficient (Wildman–Crippen LogP) is 4.90. The van der Waals surface area contributed by atoms with E-state index in [0.717, 1.165) is 37.0 Å². The Hall–Kier alpha value is -1.46. The zero-order valence-corrected chi connectivity index (χ0v) is 14.7.